The monoisotopic (exact) mass is 546 g/mol. The summed E-state index contributed by atoms with van der Waals surface area (Å²) in [6.07, 6.45) is 7.30. The van der Waals surface area contributed by atoms with Crippen molar-refractivity contribution in [1.82, 2.24) is 25.3 Å². The predicted octanol–water partition coefficient (Wildman–Crippen LogP) is 4.68. The molecule has 1 aliphatic rings. The number of hydrogen-bond donors (Lipinski definition) is 1. The number of carbonyl (C=O) groups is 1. The number of piperidine rings is 1. The molecular weight excluding hydrogens is 515 g/mol. The van der Waals surface area contributed by atoms with E-state index >= 15 is 4.39 Å². The van der Waals surface area contributed by atoms with Gasteiger partial charge in [0.1, 0.15) is 11.6 Å². The molecular formula is C29H31FN6O2S. The largest absolute Gasteiger partial charge is 0.356 e. The van der Waals surface area contributed by atoms with Crippen molar-refractivity contribution >= 4 is 33.4 Å². The SMILES string of the molecule is Cc1c(F)cc(N2CC(C)CC(C)C2)nc1-c1ccc2cnc(CNC(=O)c3cncc(S(C)=O)c3)cc2n1. The maximum atomic E-state index is 15.1. The molecule has 0 aromatic carbocycles. The van der Waals surface area contributed by atoms with Crippen LogP contribution >= 0.6 is 0 Å². The van der Waals surface area contributed by atoms with Crippen LogP contribution in [-0.4, -0.2) is 49.4 Å². The van der Waals surface area contributed by atoms with Gasteiger partial charge < -0.3 is 10.2 Å². The van der Waals surface area contributed by atoms with Gasteiger partial charge in [0.15, 0.2) is 0 Å². The average molecular weight is 547 g/mol. The maximum Gasteiger partial charge on any atom is 0.253 e. The number of nitrogens with zero attached hydrogens (tertiary/aromatic N) is 5. The van der Waals surface area contributed by atoms with E-state index < -0.39 is 10.8 Å². The van der Waals surface area contributed by atoms with Crippen LogP contribution in [0.2, 0.25) is 0 Å². The lowest BCUT2D eigenvalue weighted by atomic mass is 9.92. The molecule has 8 nitrogen and oxygen atoms in total. The molecule has 4 aromatic rings. The Kier molecular flexibility index (Phi) is 7.65. The van der Waals surface area contributed by atoms with Gasteiger partial charge in [-0.2, -0.15) is 0 Å². The van der Waals surface area contributed by atoms with E-state index in [4.69, 9.17) is 9.97 Å². The van der Waals surface area contributed by atoms with E-state index in [2.05, 4.69) is 34.0 Å². The molecule has 0 saturated carbocycles. The summed E-state index contributed by atoms with van der Waals surface area (Å²) in [4.78, 5) is 33.4. The summed E-state index contributed by atoms with van der Waals surface area (Å²) in [6.45, 7) is 8.03. The van der Waals surface area contributed by atoms with Crippen molar-refractivity contribution in [2.24, 2.45) is 11.8 Å². The Morgan fingerprint density at radius 3 is 2.62 bits per heavy atom. The zero-order valence-electron chi connectivity index (χ0n) is 22.4. The van der Waals surface area contributed by atoms with Crippen molar-refractivity contribution in [3.05, 3.63) is 71.6 Å². The van der Waals surface area contributed by atoms with Gasteiger partial charge in [0.05, 0.1) is 50.4 Å². The van der Waals surface area contributed by atoms with Gasteiger partial charge in [-0.1, -0.05) is 13.8 Å². The third-order valence-corrected chi connectivity index (χ3v) is 7.89. The fourth-order valence-corrected chi connectivity index (χ4v) is 5.59. The minimum absolute atomic E-state index is 0.173. The van der Waals surface area contributed by atoms with Gasteiger partial charge in [0.2, 0.25) is 0 Å². The molecule has 0 spiro atoms. The van der Waals surface area contributed by atoms with Crippen LogP contribution in [0.25, 0.3) is 22.3 Å². The summed E-state index contributed by atoms with van der Waals surface area (Å²) in [5.74, 6) is 1.03. The van der Waals surface area contributed by atoms with Gasteiger partial charge in [-0.3, -0.25) is 19.0 Å². The van der Waals surface area contributed by atoms with Crippen molar-refractivity contribution in [3.63, 3.8) is 0 Å². The van der Waals surface area contributed by atoms with Crippen molar-refractivity contribution in [3.8, 4) is 11.4 Å². The van der Waals surface area contributed by atoms with E-state index in [0.717, 1.165) is 24.9 Å². The minimum Gasteiger partial charge on any atom is -0.356 e. The van der Waals surface area contributed by atoms with Crippen LogP contribution in [0.5, 0.6) is 0 Å². The average Bonchev–Trinajstić information content (AvgIpc) is 2.92. The number of nitrogens with one attached hydrogen (secondary N) is 1. The van der Waals surface area contributed by atoms with Crippen LogP contribution in [0.15, 0.2) is 53.8 Å². The van der Waals surface area contributed by atoms with Crippen molar-refractivity contribution in [2.75, 3.05) is 24.2 Å². The number of aromatic nitrogens is 4. The number of pyridine rings is 4. The zero-order chi connectivity index (χ0) is 27.7. The van der Waals surface area contributed by atoms with E-state index in [-0.39, 0.29) is 18.3 Å². The molecule has 0 aliphatic carbocycles. The van der Waals surface area contributed by atoms with Gasteiger partial charge >= 0.3 is 0 Å². The Labute approximate surface area is 229 Å². The molecule has 3 atom stereocenters. The first kappa shape index (κ1) is 26.8. The first-order valence-corrected chi connectivity index (χ1v) is 14.5. The Hall–Kier alpha value is -3.79. The Bertz CT molecular complexity index is 1570. The predicted molar refractivity (Wildman–Crippen MR) is 150 cm³/mol. The van der Waals surface area contributed by atoms with E-state index in [1.165, 1.54) is 24.7 Å². The molecule has 0 radical (unpaired) electrons. The molecule has 202 valence electrons. The maximum absolute atomic E-state index is 15.1. The molecule has 1 amide bonds. The first-order valence-electron chi connectivity index (χ1n) is 12.9. The molecule has 1 aliphatic heterocycles. The van der Waals surface area contributed by atoms with Crippen LogP contribution in [0.3, 0.4) is 0 Å². The van der Waals surface area contributed by atoms with Crippen LogP contribution in [0.1, 0.15) is 41.9 Å². The van der Waals surface area contributed by atoms with Crippen LogP contribution in [0, 0.1) is 24.6 Å². The third kappa shape index (κ3) is 5.95. The van der Waals surface area contributed by atoms with E-state index in [9.17, 15) is 9.00 Å². The summed E-state index contributed by atoms with van der Waals surface area (Å²) in [7, 11) is -1.23. The number of rotatable bonds is 6. The Balaban J connectivity index is 1.40. The molecule has 1 saturated heterocycles. The molecule has 5 rings (SSSR count). The summed E-state index contributed by atoms with van der Waals surface area (Å²) >= 11 is 0. The second-order valence-corrected chi connectivity index (χ2v) is 11.8. The fourth-order valence-electron chi connectivity index (χ4n) is 5.09. The van der Waals surface area contributed by atoms with Crippen LogP contribution in [0.4, 0.5) is 10.2 Å². The zero-order valence-corrected chi connectivity index (χ0v) is 23.3. The number of hydrogen-bond acceptors (Lipinski definition) is 7. The smallest absolute Gasteiger partial charge is 0.253 e. The number of anilines is 1. The summed E-state index contributed by atoms with van der Waals surface area (Å²) in [5.41, 5.74) is 3.16. The number of amides is 1. The quantitative estimate of drug-likeness (QED) is 0.375. The molecule has 0 bridgehead atoms. The minimum atomic E-state index is -1.23. The van der Waals surface area contributed by atoms with Crippen LogP contribution < -0.4 is 10.2 Å². The first-order chi connectivity index (χ1) is 18.7. The van der Waals surface area contributed by atoms with Crippen molar-refractivity contribution in [1.29, 1.82) is 0 Å². The molecule has 4 aromatic heterocycles. The van der Waals surface area contributed by atoms with Crippen molar-refractivity contribution in [2.45, 2.75) is 38.6 Å². The lowest BCUT2D eigenvalue weighted by Gasteiger charge is -2.36. The fraction of sp³-hybridized carbons (Fsp3) is 0.345. The lowest BCUT2D eigenvalue weighted by Crippen LogP contribution is -2.39. The molecule has 3 unspecified atom stereocenters. The highest BCUT2D eigenvalue weighted by atomic mass is 32.2. The number of fused-ring (bicyclic) bond motifs is 1. The van der Waals surface area contributed by atoms with Crippen molar-refractivity contribution < 1.29 is 13.4 Å². The van der Waals surface area contributed by atoms with Crippen LogP contribution in [-0.2, 0) is 17.3 Å². The highest BCUT2D eigenvalue weighted by Gasteiger charge is 2.24. The van der Waals surface area contributed by atoms with Gasteiger partial charge in [-0.15, -0.1) is 0 Å². The Morgan fingerprint density at radius 1 is 1.10 bits per heavy atom. The molecule has 39 heavy (non-hydrogen) atoms. The van der Waals surface area contributed by atoms with E-state index in [1.54, 1.807) is 25.3 Å². The van der Waals surface area contributed by atoms with Gasteiger partial charge in [-0.25, -0.2) is 14.4 Å². The topological polar surface area (TPSA) is 101 Å². The van der Waals surface area contributed by atoms with Gasteiger partial charge in [0.25, 0.3) is 5.91 Å². The second kappa shape index (κ2) is 11.1. The number of carbonyl (C=O) groups excluding carboxylic acids is 1. The van der Waals surface area contributed by atoms with Gasteiger partial charge in [-0.05, 0) is 49.4 Å². The third-order valence-electron chi connectivity index (χ3n) is 7.00. The molecule has 10 heteroatoms. The molecule has 1 fully saturated rings. The standard InChI is InChI=1S/C29H31FN6O2S/c1-17-7-18(2)16-36(15-17)27-10-24(30)19(3)28(35-27)25-6-5-20-12-32-22(9-26(20)34-25)13-33-29(37)21-8-23(39(4)38)14-31-11-21/h5-6,8-12,14,17-18H,7,13,15-16H2,1-4H3,(H,33,37). The number of halogens is 1. The summed E-state index contributed by atoms with van der Waals surface area (Å²) < 4.78 is 26.8. The summed E-state index contributed by atoms with van der Waals surface area (Å²) in [6, 6.07) is 8.62. The van der Waals surface area contributed by atoms with E-state index in [1.807, 2.05) is 12.1 Å². The second-order valence-electron chi connectivity index (χ2n) is 10.4. The van der Waals surface area contributed by atoms with E-state index in [0.29, 0.717) is 56.3 Å². The van der Waals surface area contributed by atoms with Gasteiger partial charge in [0, 0.05) is 55.0 Å². The Morgan fingerprint density at radius 2 is 1.87 bits per heavy atom. The molecule has 1 N–H and O–H groups in total. The highest BCUT2D eigenvalue weighted by molar-refractivity contribution is 7.84. The summed E-state index contributed by atoms with van der Waals surface area (Å²) in [5, 5.41) is 3.65. The molecule has 5 heterocycles. The normalized spacial score (nSPS) is 18.2. The lowest BCUT2D eigenvalue weighted by molar-refractivity contribution is 0.0950. The highest BCUT2D eigenvalue weighted by Crippen LogP contribution is 2.30.